The summed E-state index contributed by atoms with van der Waals surface area (Å²) in [5, 5.41) is 0. The van der Waals surface area contributed by atoms with E-state index in [-0.39, 0.29) is 6.04 Å². The van der Waals surface area contributed by atoms with Gasteiger partial charge in [0.25, 0.3) is 0 Å². The molecule has 0 radical (unpaired) electrons. The van der Waals surface area contributed by atoms with Crippen LogP contribution in [0, 0.1) is 6.92 Å². The van der Waals surface area contributed by atoms with Gasteiger partial charge in [0.05, 0.1) is 6.04 Å². The summed E-state index contributed by atoms with van der Waals surface area (Å²) < 4.78 is 2.14. The van der Waals surface area contributed by atoms with Crippen molar-refractivity contribution in [3.63, 3.8) is 0 Å². The molecule has 2 rings (SSSR count). The molecule has 16 heavy (non-hydrogen) atoms. The van der Waals surface area contributed by atoms with Crippen molar-refractivity contribution in [3.05, 3.63) is 18.2 Å². The third-order valence-electron chi connectivity index (χ3n) is 3.37. The third kappa shape index (κ3) is 2.50. The maximum atomic E-state index is 10.9. The number of aldehydes is 1. The minimum Gasteiger partial charge on any atom is -0.334 e. The van der Waals surface area contributed by atoms with Crippen LogP contribution >= 0.6 is 0 Å². The highest BCUT2D eigenvalue weighted by Crippen LogP contribution is 2.15. The Morgan fingerprint density at radius 3 is 3.06 bits per heavy atom. The average Bonchev–Trinajstić information content (AvgIpc) is 2.72. The number of carbonyl (C=O) groups is 1. The van der Waals surface area contributed by atoms with E-state index in [1.165, 1.54) is 12.8 Å². The number of imidazole rings is 1. The van der Waals surface area contributed by atoms with Gasteiger partial charge in [0, 0.05) is 25.5 Å². The van der Waals surface area contributed by atoms with Crippen LogP contribution in [-0.4, -0.2) is 39.9 Å². The Balaban J connectivity index is 1.89. The van der Waals surface area contributed by atoms with Crippen molar-refractivity contribution >= 4 is 6.29 Å². The molecule has 1 unspecified atom stereocenters. The van der Waals surface area contributed by atoms with E-state index in [1.54, 1.807) is 0 Å². The summed E-state index contributed by atoms with van der Waals surface area (Å²) in [5.74, 6) is 1.04. The maximum absolute atomic E-state index is 10.9. The fourth-order valence-electron chi connectivity index (χ4n) is 2.32. The number of likely N-dealkylation sites (tertiary alicyclic amines) is 1. The van der Waals surface area contributed by atoms with Crippen molar-refractivity contribution in [2.45, 2.75) is 38.8 Å². The predicted octanol–water partition coefficient (Wildman–Crippen LogP) is 1.24. The Morgan fingerprint density at radius 2 is 2.38 bits per heavy atom. The summed E-state index contributed by atoms with van der Waals surface area (Å²) in [6, 6.07) is 0.137. The van der Waals surface area contributed by atoms with Crippen LogP contribution in [0.5, 0.6) is 0 Å². The zero-order valence-electron chi connectivity index (χ0n) is 9.80. The Hall–Kier alpha value is -1.16. The molecule has 0 N–H and O–H groups in total. The van der Waals surface area contributed by atoms with Crippen LogP contribution in [0.25, 0.3) is 0 Å². The van der Waals surface area contributed by atoms with Crippen molar-refractivity contribution < 1.29 is 4.79 Å². The molecule has 0 bridgehead atoms. The average molecular weight is 221 g/mol. The molecule has 1 aromatic rings. The highest BCUT2D eigenvalue weighted by Gasteiger charge is 2.21. The molecule has 4 nitrogen and oxygen atoms in total. The molecular weight excluding hydrogens is 202 g/mol. The normalized spacial score (nSPS) is 22.2. The van der Waals surface area contributed by atoms with E-state index >= 15 is 0 Å². The van der Waals surface area contributed by atoms with Gasteiger partial charge in [-0.05, 0) is 26.3 Å². The van der Waals surface area contributed by atoms with Crippen molar-refractivity contribution in [1.29, 1.82) is 0 Å². The number of piperidine rings is 1. The highest BCUT2D eigenvalue weighted by molar-refractivity contribution is 5.57. The van der Waals surface area contributed by atoms with E-state index in [0.717, 1.165) is 38.2 Å². The highest BCUT2D eigenvalue weighted by atomic mass is 16.1. The molecule has 1 atom stereocenters. The first-order valence-electron chi connectivity index (χ1n) is 5.98. The topological polar surface area (TPSA) is 38.1 Å². The molecule has 2 heterocycles. The van der Waals surface area contributed by atoms with Crippen LogP contribution in [0.4, 0.5) is 0 Å². The van der Waals surface area contributed by atoms with Crippen LogP contribution in [0.2, 0.25) is 0 Å². The number of aryl methyl sites for hydroxylation is 1. The molecule has 1 fully saturated rings. The lowest BCUT2D eigenvalue weighted by Crippen LogP contribution is -2.42. The Labute approximate surface area is 96.3 Å². The quantitative estimate of drug-likeness (QED) is 0.718. The molecule has 4 heteroatoms. The van der Waals surface area contributed by atoms with Crippen molar-refractivity contribution in [3.8, 4) is 0 Å². The predicted molar refractivity (Wildman–Crippen MR) is 62.2 cm³/mol. The second-order valence-electron chi connectivity index (χ2n) is 4.40. The first-order chi connectivity index (χ1) is 7.81. The number of rotatable bonds is 4. The molecule has 0 saturated carbocycles. The fourth-order valence-corrected chi connectivity index (χ4v) is 2.32. The molecule has 0 aromatic carbocycles. The Morgan fingerprint density at radius 1 is 1.50 bits per heavy atom. The molecule has 0 spiro atoms. The van der Waals surface area contributed by atoms with E-state index in [2.05, 4.69) is 14.5 Å². The number of nitrogens with zero attached hydrogens (tertiary/aromatic N) is 3. The molecule has 0 amide bonds. The molecule has 0 aliphatic carbocycles. The van der Waals surface area contributed by atoms with Crippen molar-refractivity contribution in [2.24, 2.45) is 0 Å². The van der Waals surface area contributed by atoms with Gasteiger partial charge >= 0.3 is 0 Å². The molecule has 1 saturated heterocycles. The van der Waals surface area contributed by atoms with E-state index < -0.39 is 0 Å². The van der Waals surface area contributed by atoms with Crippen LogP contribution in [0.3, 0.4) is 0 Å². The Bertz CT molecular complexity index is 348. The maximum Gasteiger partial charge on any atom is 0.137 e. The first kappa shape index (κ1) is 11.3. The lowest BCUT2D eigenvalue weighted by molar-refractivity contribution is -0.113. The molecule has 1 aromatic heterocycles. The van der Waals surface area contributed by atoms with Gasteiger partial charge in [0.2, 0.25) is 0 Å². The second-order valence-corrected chi connectivity index (χ2v) is 4.40. The summed E-state index contributed by atoms with van der Waals surface area (Å²) in [4.78, 5) is 17.4. The number of hydrogen-bond donors (Lipinski definition) is 0. The second kappa shape index (κ2) is 5.25. The van der Waals surface area contributed by atoms with Crippen molar-refractivity contribution in [2.75, 3.05) is 13.1 Å². The number of carbonyl (C=O) groups excluding carboxylic acids is 1. The largest absolute Gasteiger partial charge is 0.334 e. The van der Waals surface area contributed by atoms with Crippen LogP contribution < -0.4 is 0 Å². The van der Waals surface area contributed by atoms with E-state index in [9.17, 15) is 4.79 Å². The smallest absolute Gasteiger partial charge is 0.137 e. The SMILES string of the molecule is Cc1nccn1CCN1CCCCC1C=O. The zero-order valence-corrected chi connectivity index (χ0v) is 9.80. The van der Waals surface area contributed by atoms with Gasteiger partial charge in [-0.15, -0.1) is 0 Å². The lowest BCUT2D eigenvalue weighted by Gasteiger charge is -2.32. The van der Waals surface area contributed by atoms with Gasteiger partial charge in [-0.1, -0.05) is 6.42 Å². The standard InChI is InChI=1S/C12H19N3O/c1-11-13-5-7-14(11)8-9-15-6-3-2-4-12(15)10-16/h5,7,10,12H,2-4,6,8-9H2,1H3. The van der Waals surface area contributed by atoms with Gasteiger partial charge in [-0.3, -0.25) is 4.90 Å². The first-order valence-corrected chi connectivity index (χ1v) is 5.98. The van der Waals surface area contributed by atoms with Crippen molar-refractivity contribution in [1.82, 2.24) is 14.5 Å². The monoisotopic (exact) mass is 221 g/mol. The van der Waals surface area contributed by atoms with Gasteiger partial charge in [-0.2, -0.15) is 0 Å². The summed E-state index contributed by atoms with van der Waals surface area (Å²) in [6.07, 6.45) is 8.33. The van der Waals surface area contributed by atoms with Crippen LogP contribution in [-0.2, 0) is 11.3 Å². The van der Waals surface area contributed by atoms with E-state index in [0.29, 0.717) is 0 Å². The molecular formula is C12H19N3O. The molecule has 1 aliphatic rings. The van der Waals surface area contributed by atoms with Gasteiger partial charge in [0.1, 0.15) is 12.1 Å². The zero-order chi connectivity index (χ0) is 11.4. The summed E-state index contributed by atoms with van der Waals surface area (Å²) in [5.41, 5.74) is 0. The molecule has 88 valence electrons. The van der Waals surface area contributed by atoms with Gasteiger partial charge in [-0.25, -0.2) is 4.98 Å². The third-order valence-corrected chi connectivity index (χ3v) is 3.37. The summed E-state index contributed by atoms with van der Waals surface area (Å²) >= 11 is 0. The van der Waals surface area contributed by atoms with E-state index in [1.807, 2.05) is 19.3 Å². The minimum atomic E-state index is 0.137. The fraction of sp³-hybridized carbons (Fsp3) is 0.667. The lowest BCUT2D eigenvalue weighted by atomic mass is 10.0. The van der Waals surface area contributed by atoms with Crippen LogP contribution in [0.1, 0.15) is 25.1 Å². The van der Waals surface area contributed by atoms with Crippen LogP contribution in [0.15, 0.2) is 12.4 Å². The Kier molecular flexibility index (Phi) is 3.72. The molecule has 1 aliphatic heterocycles. The van der Waals surface area contributed by atoms with Gasteiger partial charge < -0.3 is 9.36 Å². The minimum absolute atomic E-state index is 0.137. The van der Waals surface area contributed by atoms with E-state index in [4.69, 9.17) is 0 Å². The van der Waals surface area contributed by atoms with Gasteiger partial charge in [0.15, 0.2) is 0 Å². The number of hydrogen-bond acceptors (Lipinski definition) is 3. The summed E-state index contributed by atoms with van der Waals surface area (Å²) in [6.45, 7) is 4.93. The number of aromatic nitrogens is 2. The summed E-state index contributed by atoms with van der Waals surface area (Å²) in [7, 11) is 0.